The first-order valence-corrected chi connectivity index (χ1v) is 6.48. The second-order valence-corrected chi connectivity index (χ2v) is 4.64. The van der Waals surface area contributed by atoms with E-state index in [0.29, 0.717) is 5.69 Å². The normalized spacial score (nSPS) is 12.7. The number of esters is 1. The zero-order valence-corrected chi connectivity index (χ0v) is 11.6. The first-order chi connectivity index (χ1) is 10.4. The molecule has 0 radical (unpaired) electrons. The Labute approximate surface area is 124 Å². The third-order valence-electron chi connectivity index (χ3n) is 2.83. The number of carbonyl (C=O) groups excluding carboxylic acids is 1. The van der Waals surface area contributed by atoms with Crippen LogP contribution in [0.25, 0.3) is 0 Å². The second kappa shape index (κ2) is 6.50. The van der Waals surface area contributed by atoms with Crippen molar-refractivity contribution in [1.29, 1.82) is 0 Å². The molecule has 0 aliphatic carbocycles. The number of rotatable bonds is 5. The molecule has 1 atom stereocenters. The maximum absolute atomic E-state index is 12.4. The predicted molar refractivity (Wildman–Crippen MR) is 73.4 cm³/mol. The van der Waals surface area contributed by atoms with Gasteiger partial charge in [0.25, 0.3) is 0 Å². The van der Waals surface area contributed by atoms with Crippen molar-refractivity contribution in [3.05, 3.63) is 47.8 Å². The quantitative estimate of drug-likeness (QED) is 0.833. The van der Waals surface area contributed by atoms with Crippen molar-refractivity contribution in [2.24, 2.45) is 0 Å². The van der Waals surface area contributed by atoms with Gasteiger partial charge in [-0.05, 0) is 37.3 Å². The molecule has 2 rings (SSSR count). The molecule has 0 aliphatic rings. The minimum absolute atomic E-state index is 0.237. The number of nitrogens with one attached hydrogen (secondary N) is 2. The highest BCUT2D eigenvalue weighted by Gasteiger charge is 2.29. The number of anilines is 1. The predicted octanol–water partition coefficient (Wildman–Crippen LogP) is 3.09. The van der Waals surface area contributed by atoms with Crippen LogP contribution in [0.3, 0.4) is 0 Å². The topological polar surface area (TPSA) is 67.0 Å². The maximum Gasteiger partial charge on any atom is 0.416 e. The lowest BCUT2D eigenvalue weighted by atomic mass is 10.2. The number of H-pyrrole nitrogens is 1. The van der Waals surface area contributed by atoms with E-state index < -0.39 is 23.8 Å². The highest BCUT2D eigenvalue weighted by molar-refractivity contribution is 5.87. The summed E-state index contributed by atoms with van der Waals surface area (Å²) in [4.78, 5) is 11.6. The van der Waals surface area contributed by atoms with Gasteiger partial charge in [-0.1, -0.05) is 0 Å². The van der Waals surface area contributed by atoms with Crippen LogP contribution < -0.4 is 5.32 Å². The molecule has 22 heavy (non-hydrogen) atoms. The van der Waals surface area contributed by atoms with Crippen LogP contribution in [0.15, 0.2) is 36.5 Å². The average Bonchev–Trinajstić information content (AvgIpc) is 2.99. The third-order valence-corrected chi connectivity index (χ3v) is 2.83. The van der Waals surface area contributed by atoms with E-state index in [1.807, 2.05) is 0 Å². The summed E-state index contributed by atoms with van der Waals surface area (Å²) in [6.45, 7) is 1.94. The third kappa shape index (κ3) is 4.24. The highest BCUT2D eigenvalue weighted by Crippen LogP contribution is 2.29. The van der Waals surface area contributed by atoms with Crippen molar-refractivity contribution in [2.45, 2.75) is 19.2 Å². The van der Waals surface area contributed by atoms with Crippen molar-refractivity contribution in [3.8, 4) is 0 Å². The molecule has 0 amide bonds. The lowest BCUT2D eigenvalue weighted by molar-refractivity contribution is -0.137. The average molecular weight is 313 g/mol. The van der Waals surface area contributed by atoms with E-state index in [0.717, 1.165) is 12.1 Å². The van der Waals surface area contributed by atoms with Gasteiger partial charge in [0, 0.05) is 11.9 Å². The molecule has 0 bridgehead atoms. The van der Waals surface area contributed by atoms with Crippen LogP contribution in [0, 0.1) is 0 Å². The van der Waals surface area contributed by atoms with E-state index >= 15 is 0 Å². The zero-order valence-electron chi connectivity index (χ0n) is 11.6. The Hall–Kier alpha value is -2.51. The number of halogens is 3. The van der Waals surface area contributed by atoms with Gasteiger partial charge in [-0.25, -0.2) is 4.79 Å². The molecule has 5 nitrogen and oxygen atoms in total. The van der Waals surface area contributed by atoms with E-state index in [9.17, 15) is 18.0 Å². The summed E-state index contributed by atoms with van der Waals surface area (Å²) >= 11 is 0. The van der Waals surface area contributed by atoms with E-state index in [1.54, 1.807) is 6.92 Å². The summed E-state index contributed by atoms with van der Waals surface area (Å²) in [5, 5.41) is 9.03. The summed E-state index contributed by atoms with van der Waals surface area (Å²) in [7, 11) is 0. The minimum Gasteiger partial charge on any atom is -0.456 e. The molecular formula is C14H14F3N3O2. The van der Waals surface area contributed by atoms with Crippen molar-refractivity contribution >= 4 is 11.7 Å². The number of ether oxygens (including phenoxy) is 1. The Morgan fingerprint density at radius 2 is 2.00 bits per heavy atom. The molecular weight excluding hydrogens is 299 g/mol. The maximum atomic E-state index is 12.4. The molecule has 8 heteroatoms. The fourth-order valence-corrected chi connectivity index (χ4v) is 1.70. The Morgan fingerprint density at radius 1 is 1.32 bits per heavy atom. The van der Waals surface area contributed by atoms with Crippen LogP contribution in [0.2, 0.25) is 0 Å². The lowest BCUT2D eigenvalue weighted by Crippen LogP contribution is -2.23. The molecule has 2 aromatic rings. The SMILES string of the molecule is C[C@@H](CNc1ccc(C(F)(F)F)cc1)OC(=O)c1ccn[nH]1. The molecule has 118 valence electrons. The first-order valence-electron chi connectivity index (χ1n) is 6.48. The van der Waals surface area contributed by atoms with Crippen LogP contribution in [-0.2, 0) is 10.9 Å². The summed E-state index contributed by atoms with van der Waals surface area (Å²) in [6, 6.07) is 6.12. The molecule has 0 unspecified atom stereocenters. The van der Waals surface area contributed by atoms with Gasteiger partial charge in [-0.3, -0.25) is 5.10 Å². The van der Waals surface area contributed by atoms with Crippen molar-refractivity contribution in [3.63, 3.8) is 0 Å². The van der Waals surface area contributed by atoms with E-state index in [1.165, 1.54) is 24.4 Å². The smallest absolute Gasteiger partial charge is 0.416 e. The molecule has 0 saturated heterocycles. The molecule has 0 fully saturated rings. The molecule has 2 N–H and O–H groups in total. The standard InChI is InChI=1S/C14H14F3N3O2/c1-9(22-13(21)12-6-7-19-20-12)8-18-11-4-2-10(3-5-11)14(15,16)17/h2-7,9,18H,8H2,1H3,(H,19,20)/t9-/m0/s1. The van der Waals surface area contributed by atoms with Crippen molar-refractivity contribution < 1.29 is 22.7 Å². The van der Waals surface area contributed by atoms with Gasteiger partial charge in [0.2, 0.25) is 0 Å². The van der Waals surface area contributed by atoms with Gasteiger partial charge in [0.15, 0.2) is 0 Å². The fourth-order valence-electron chi connectivity index (χ4n) is 1.70. The number of benzene rings is 1. The minimum atomic E-state index is -4.36. The molecule has 1 heterocycles. The Kier molecular flexibility index (Phi) is 4.69. The molecule has 0 spiro atoms. The van der Waals surface area contributed by atoms with Gasteiger partial charge < -0.3 is 10.1 Å². The number of nitrogens with zero attached hydrogens (tertiary/aromatic N) is 1. The van der Waals surface area contributed by atoms with Gasteiger partial charge in [-0.15, -0.1) is 0 Å². The number of hydrogen-bond acceptors (Lipinski definition) is 4. The number of carbonyl (C=O) groups is 1. The number of aromatic nitrogens is 2. The molecule has 0 saturated carbocycles. The Morgan fingerprint density at radius 3 is 2.55 bits per heavy atom. The van der Waals surface area contributed by atoms with Gasteiger partial charge in [0.05, 0.1) is 12.1 Å². The number of hydrogen-bond donors (Lipinski definition) is 2. The molecule has 0 aliphatic heterocycles. The summed E-state index contributed by atoms with van der Waals surface area (Å²) in [5.41, 5.74) is 0.0376. The Balaban J connectivity index is 1.83. The summed E-state index contributed by atoms with van der Waals surface area (Å²) < 4.78 is 42.4. The van der Waals surface area contributed by atoms with Crippen LogP contribution in [-0.4, -0.2) is 28.8 Å². The monoisotopic (exact) mass is 313 g/mol. The van der Waals surface area contributed by atoms with Gasteiger partial charge >= 0.3 is 12.1 Å². The highest BCUT2D eigenvalue weighted by atomic mass is 19.4. The zero-order chi connectivity index (χ0) is 16.2. The van der Waals surface area contributed by atoms with Crippen LogP contribution in [0.4, 0.5) is 18.9 Å². The van der Waals surface area contributed by atoms with Crippen molar-refractivity contribution in [1.82, 2.24) is 10.2 Å². The summed E-state index contributed by atoms with van der Waals surface area (Å²) in [5.74, 6) is -0.542. The molecule has 1 aromatic heterocycles. The number of aromatic amines is 1. The largest absolute Gasteiger partial charge is 0.456 e. The van der Waals surface area contributed by atoms with Crippen LogP contribution >= 0.6 is 0 Å². The lowest BCUT2D eigenvalue weighted by Gasteiger charge is -2.15. The van der Waals surface area contributed by atoms with E-state index in [4.69, 9.17) is 4.74 Å². The number of alkyl halides is 3. The molecule has 1 aromatic carbocycles. The first kappa shape index (κ1) is 15.9. The van der Waals surface area contributed by atoms with E-state index in [2.05, 4.69) is 15.5 Å². The van der Waals surface area contributed by atoms with Crippen LogP contribution in [0.1, 0.15) is 23.0 Å². The van der Waals surface area contributed by atoms with Crippen molar-refractivity contribution in [2.75, 3.05) is 11.9 Å². The second-order valence-electron chi connectivity index (χ2n) is 4.64. The summed E-state index contributed by atoms with van der Waals surface area (Å²) in [6.07, 6.45) is -3.38. The van der Waals surface area contributed by atoms with Gasteiger partial charge in [-0.2, -0.15) is 18.3 Å². The van der Waals surface area contributed by atoms with Crippen LogP contribution in [0.5, 0.6) is 0 Å². The van der Waals surface area contributed by atoms with E-state index in [-0.39, 0.29) is 12.2 Å². The Bertz CT molecular complexity index is 609. The van der Waals surface area contributed by atoms with Gasteiger partial charge in [0.1, 0.15) is 11.8 Å². The fraction of sp³-hybridized carbons (Fsp3) is 0.286.